The molecular formula is C22H18N2O2S. The van der Waals surface area contributed by atoms with E-state index >= 15 is 0 Å². The zero-order valence-electron chi connectivity index (χ0n) is 14.8. The SMILES string of the molecule is COc1ccccc1-c1n[nH]c(=O)c2cc(SCc3ccccc3)ccc12. The smallest absolute Gasteiger partial charge is 0.272 e. The second-order valence-electron chi connectivity index (χ2n) is 6.08. The molecule has 0 atom stereocenters. The maximum absolute atomic E-state index is 12.4. The first kappa shape index (κ1) is 17.4. The molecule has 0 fully saturated rings. The highest BCUT2D eigenvalue weighted by atomic mass is 32.2. The lowest BCUT2D eigenvalue weighted by atomic mass is 10.0. The van der Waals surface area contributed by atoms with Crippen molar-refractivity contribution in [1.29, 1.82) is 0 Å². The van der Waals surface area contributed by atoms with Gasteiger partial charge in [-0.2, -0.15) is 5.10 Å². The van der Waals surface area contributed by atoms with Gasteiger partial charge in [-0.05, 0) is 29.8 Å². The molecule has 134 valence electrons. The van der Waals surface area contributed by atoms with Gasteiger partial charge >= 0.3 is 0 Å². The van der Waals surface area contributed by atoms with Crippen molar-refractivity contribution in [2.75, 3.05) is 7.11 Å². The maximum atomic E-state index is 12.4. The Hall–Kier alpha value is -3.05. The van der Waals surface area contributed by atoms with Crippen molar-refractivity contribution < 1.29 is 4.74 Å². The molecule has 1 N–H and O–H groups in total. The number of H-pyrrole nitrogens is 1. The van der Waals surface area contributed by atoms with Crippen LogP contribution in [0.1, 0.15) is 5.56 Å². The van der Waals surface area contributed by atoms with Crippen LogP contribution in [-0.2, 0) is 5.75 Å². The summed E-state index contributed by atoms with van der Waals surface area (Å²) in [5.41, 5.74) is 2.62. The Balaban J connectivity index is 1.74. The summed E-state index contributed by atoms with van der Waals surface area (Å²) in [7, 11) is 1.63. The van der Waals surface area contributed by atoms with E-state index < -0.39 is 0 Å². The highest BCUT2D eigenvalue weighted by Crippen LogP contribution is 2.33. The average Bonchev–Trinajstić information content (AvgIpc) is 2.73. The summed E-state index contributed by atoms with van der Waals surface area (Å²) in [6.45, 7) is 0. The number of hydrogen-bond acceptors (Lipinski definition) is 4. The number of hydrogen-bond donors (Lipinski definition) is 1. The molecule has 0 aliphatic heterocycles. The summed E-state index contributed by atoms with van der Waals surface area (Å²) in [6.07, 6.45) is 0. The van der Waals surface area contributed by atoms with Gasteiger partial charge in [-0.15, -0.1) is 11.8 Å². The molecule has 0 bridgehead atoms. The van der Waals surface area contributed by atoms with Crippen LogP contribution in [0, 0.1) is 0 Å². The van der Waals surface area contributed by atoms with Gasteiger partial charge < -0.3 is 4.74 Å². The van der Waals surface area contributed by atoms with Gasteiger partial charge in [0.05, 0.1) is 12.5 Å². The third-order valence-corrected chi connectivity index (χ3v) is 5.44. The molecule has 4 nitrogen and oxygen atoms in total. The Morgan fingerprint density at radius 3 is 2.56 bits per heavy atom. The van der Waals surface area contributed by atoms with Crippen molar-refractivity contribution in [1.82, 2.24) is 10.2 Å². The van der Waals surface area contributed by atoms with E-state index in [0.29, 0.717) is 11.1 Å². The number of para-hydroxylation sites is 1. The van der Waals surface area contributed by atoms with Crippen molar-refractivity contribution in [3.05, 3.63) is 88.7 Å². The molecule has 0 unspecified atom stereocenters. The molecule has 5 heteroatoms. The topological polar surface area (TPSA) is 55.0 Å². The lowest BCUT2D eigenvalue weighted by Crippen LogP contribution is -2.09. The molecular weight excluding hydrogens is 356 g/mol. The third-order valence-electron chi connectivity index (χ3n) is 4.37. The van der Waals surface area contributed by atoms with E-state index in [-0.39, 0.29) is 5.56 Å². The first-order chi connectivity index (χ1) is 13.3. The monoisotopic (exact) mass is 374 g/mol. The predicted molar refractivity (Wildman–Crippen MR) is 110 cm³/mol. The van der Waals surface area contributed by atoms with Gasteiger partial charge in [0.25, 0.3) is 5.56 Å². The molecule has 4 rings (SSSR count). The molecule has 3 aromatic carbocycles. The van der Waals surface area contributed by atoms with Crippen LogP contribution in [0.2, 0.25) is 0 Å². The van der Waals surface area contributed by atoms with Crippen LogP contribution in [0.15, 0.2) is 82.5 Å². The first-order valence-corrected chi connectivity index (χ1v) is 9.57. The Labute approximate surface area is 161 Å². The zero-order chi connectivity index (χ0) is 18.6. The van der Waals surface area contributed by atoms with Crippen LogP contribution in [0.5, 0.6) is 5.75 Å². The number of fused-ring (bicyclic) bond motifs is 1. The fourth-order valence-electron chi connectivity index (χ4n) is 3.02. The Bertz CT molecular complexity index is 1140. The van der Waals surface area contributed by atoms with Gasteiger partial charge in [-0.25, -0.2) is 5.10 Å². The van der Waals surface area contributed by atoms with Crippen LogP contribution in [0.4, 0.5) is 0 Å². The largest absolute Gasteiger partial charge is 0.496 e. The molecule has 1 heterocycles. The van der Waals surface area contributed by atoms with E-state index in [9.17, 15) is 4.79 Å². The lowest BCUT2D eigenvalue weighted by molar-refractivity contribution is 0.416. The van der Waals surface area contributed by atoms with Gasteiger partial charge in [0.15, 0.2) is 0 Å². The molecule has 4 aromatic rings. The standard InChI is InChI=1S/C22H18N2O2S/c1-26-20-10-6-5-9-18(20)21-17-12-11-16(13-19(17)22(25)24-23-21)27-14-15-7-3-2-4-8-15/h2-13H,14H2,1H3,(H,24,25). The number of aromatic nitrogens is 2. The van der Waals surface area contributed by atoms with Gasteiger partial charge in [-0.3, -0.25) is 4.79 Å². The lowest BCUT2D eigenvalue weighted by Gasteiger charge is -2.10. The second-order valence-corrected chi connectivity index (χ2v) is 7.13. The highest BCUT2D eigenvalue weighted by Gasteiger charge is 2.13. The van der Waals surface area contributed by atoms with E-state index in [2.05, 4.69) is 22.3 Å². The first-order valence-electron chi connectivity index (χ1n) is 8.59. The Morgan fingerprint density at radius 1 is 0.963 bits per heavy atom. The fraction of sp³-hybridized carbons (Fsp3) is 0.0909. The van der Waals surface area contributed by atoms with E-state index in [0.717, 1.165) is 27.3 Å². The van der Waals surface area contributed by atoms with Crippen molar-refractivity contribution in [2.45, 2.75) is 10.6 Å². The second kappa shape index (κ2) is 7.68. The van der Waals surface area contributed by atoms with E-state index in [4.69, 9.17) is 4.74 Å². The highest BCUT2D eigenvalue weighted by molar-refractivity contribution is 7.98. The minimum atomic E-state index is -0.189. The number of nitrogens with zero attached hydrogens (tertiary/aromatic N) is 1. The van der Waals surface area contributed by atoms with Crippen LogP contribution in [-0.4, -0.2) is 17.3 Å². The predicted octanol–water partition coefficient (Wildman–Crippen LogP) is 4.89. The fourth-order valence-corrected chi connectivity index (χ4v) is 3.91. The Morgan fingerprint density at radius 2 is 1.74 bits per heavy atom. The van der Waals surface area contributed by atoms with Crippen molar-refractivity contribution >= 4 is 22.5 Å². The minimum absolute atomic E-state index is 0.189. The van der Waals surface area contributed by atoms with E-state index in [1.54, 1.807) is 18.9 Å². The number of ether oxygens (including phenoxy) is 1. The third kappa shape index (κ3) is 3.59. The maximum Gasteiger partial charge on any atom is 0.272 e. The normalized spacial score (nSPS) is 10.9. The zero-order valence-corrected chi connectivity index (χ0v) is 15.6. The van der Waals surface area contributed by atoms with Gasteiger partial charge in [0.2, 0.25) is 0 Å². The van der Waals surface area contributed by atoms with Crippen molar-refractivity contribution in [3.8, 4) is 17.0 Å². The molecule has 0 saturated heterocycles. The summed E-state index contributed by atoms with van der Waals surface area (Å²) in [4.78, 5) is 13.4. The molecule has 0 aliphatic rings. The van der Waals surface area contributed by atoms with E-state index in [1.807, 2.05) is 60.7 Å². The molecule has 27 heavy (non-hydrogen) atoms. The average molecular weight is 374 g/mol. The van der Waals surface area contributed by atoms with E-state index in [1.165, 1.54) is 5.56 Å². The molecule has 0 amide bonds. The van der Waals surface area contributed by atoms with Crippen LogP contribution < -0.4 is 10.3 Å². The number of benzene rings is 3. The van der Waals surface area contributed by atoms with Gasteiger partial charge in [-0.1, -0.05) is 48.5 Å². The summed E-state index contributed by atoms with van der Waals surface area (Å²) in [5, 5.41) is 8.35. The van der Waals surface area contributed by atoms with Gasteiger partial charge in [0.1, 0.15) is 11.4 Å². The van der Waals surface area contributed by atoms with Crippen LogP contribution in [0.3, 0.4) is 0 Å². The summed E-state index contributed by atoms with van der Waals surface area (Å²) in [5.74, 6) is 1.58. The number of aromatic amines is 1. The number of thioether (sulfide) groups is 1. The van der Waals surface area contributed by atoms with Gasteiger partial charge in [0, 0.05) is 21.6 Å². The number of nitrogens with one attached hydrogen (secondary N) is 1. The minimum Gasteiger partial charge on any atom is -0.496 e. The quantitative estimate of drug-likeness (QED) is 0.505. The number of rotatable bonds is 5. The van der Waals surface area contributed by atoms with Crippen LogP contribution in [0.25, 0.3) is 22.0 Å². The summed E-state index contributed by atoms with van der Waals surface area (Å²) in [6, 6.07) is 23.9. The molecule has 0 spiro atoms. The molecule has 0 radical (unpaired) electrons. The van der Waals surface area contributed by atoms with Crippen molar-refractivity contribution in [2.24, 2.45) is 0 Å². The molecule has 0 saturated carbocycles. The summed E-state index contributed by atoms with van der Waals surface area (Å²) >= 11 is 1.71. The number of methoxy groups -OCH3 is 1. The Kier molecular flexibility index (Phi) is 4.94. The van der Waals surface area contributed by atoms with Crippen molar-refractivity contribution in [3.63, 3.8) is 0 Å². The summed E-state index contributed by atoms with van der Waals surface area (Å²) < 4.78 is 5.45. The van der Waals surface area contributed by atoms with Crippen LogP contribution >= 0.6 is 11.8 Å². The molecule has 0 aliphatic carbocycles. The molecule has 1 aromatic heterocycles.